The molecule has 1 aromatic rings. The second-order valence-electron chi connectivity index (χ2n) is 3.60. The van der Waals surface area contributed by atoms with Gasteiger partial charge >= 0.3 is 7.12 Å². The van der Waals surface area contributed by atoms with Crippen molar-refractivity contribution in [2.75, 3.05) is 18.0 Å². The first-order valence-electron chi connectivity index (χ1n) is 4.98. The summed E-state index contributed by atoms with van der Waals surface area (Å²) in [5, 5.41) is 17.8. The van der Waals surface area contributed by atoms with E-state index in [0.29, 0.717) is 0 Å². The molecule has 76 valence electrons. The summed E-state index contributed by atoms with van der Waals surface area (Å²) >= 11 is 0. The van der Waals surface area contributed by atoms with Crippen LogP contribution < -0.4 is 10.6 Å². The van der Waals surface area contributed by atoms with E-state index in [1.165, 1.54) is 19.3 Å². The molecule has 0 atom stereocenters. The van der Waals surface area contributed by atoms with Gasteiger partial charge in [-0.1, -0.05) is 0 Å². The van der Waals surface area contributed by atoms with Crippen LogP contribution in [-0.4, -0.2) is 30.3 Å². The van der Waals surface area contributed by atoms with Gasteiger partial charge in [0.25, 0.3) is 0 Å². The summed E-state index contributed by atoms with van der Waals surface area (Å²) in [6.07, 6.45) is 3.63. The summed E-state index contributed by atoms with van der Waals surface area (Å²) in [5.74, 6) is 0.743. The fraction of sp³-hybridized carbons (Fsp3) is 0.556. The molecule has 1 aliphatic heterocycles. The second-order valence-corrected chi connectivity index (χ2v) is 3.60. The van der Waals surface area contributed by atoms with Gasteiger partial charge in [-0.25, -0.2) is 0 Å². The first kappa shape index (κ1) is 9.61. The lowest BCUT2D eigenvalue weighted by molar-refractivity contribution is 0.408. The Hall–Kier alpha value is -0.935. The van der Waals surface area contributed by atoms with E-state index in [-0.39, 0.29) is 5.66 Å². The SMILES string of the molecule is OB(O)c1ccc(N2CCCCC2)o1. The minimum absolute atomic E-state index is 0.213. The van der Waals surface area contributed by atoms with Crippen molar-refractivity contribution in [2.24, 2.45) is 0 Å². The molecule has 2 N–H and O–H groups in total. The highest BCUT2D eigenvalue weighted by atomic mass is 16.4. The van der Waals surface area contributed by atoms with Gasteiger partial charge < -0.3 is 19.4 Å². The molecule has 14 heavy (non-hydrogen) atoms. The van der Waals surface area contributed by atoms with Crippen molar-refractivity contribution in [1.29, 1.82) is 0 Å². The van der Waals surface area contributed by atoms with Crippen molar-refractivity contribution in [3.05, 3.63) is 12.1 Å². The van der Waals surface area contributed by atoms with E-state index >= 15 is 0 Å². The van der Waals surface area contributed by atoms with E-state index in [1.54, 1.807) is 12.1 Å². The molecular formula is C9H14BNO3. The van der Waals surface area contributed by atoms with Gasteiger partial charge in [0.1, 0.15) is 5.66 Å². The Morgan fingerprint density at radius 1 is 1.14 bits per heavy atom. The quantitative estimate of drug-likeness (QED) is 0.649. The first-order chi connectivity index (χ1) is 6.77. The summed E-state index contributed by atoms with van der Waals surface area (Å²) in [5.41, 5.74) is 0.213. The van der Waals surface area contributed by atoms with Crippen LogP contribution >= 0.6 is 0 Å². The van der Waals surface area contributed by atoms with Crippen LogP contribution in [0.25, 0.3) is 0 Å². The molecule has 4 nitrogen and oxygen atoms in total. The van der Waals surface area contributed by atoms with Crippen molar-refractivity contribution in [3.8, 4) is 0 Å². The van der Waals surface area contributed by atoms with Crippen molar-refractivity contribution in [1.82, 2.24) is 0 Å². The molecule has 0 spiro atoms. The van der Waals surface area contributed by atoms with Gasteiger partial charge in [-0.15, -0.1) is 0 Å². The molecular weight excluding hydrogens is 181 g/mol. The highest BCUT2D eigenvalue weighted by Crippen LogP contribution is 2.18. The fourth-order valence-corrected chi connectivity index (χ4v) is 1.77. The zero-order valence-corrected chi connectivity index (χ0v) is 8.02. The van der Waals surface area contributed by atoms with Crippen LogP contribution in [0.15, 0.2) is 16.5 Å². The summed E-state index contributed by atoms with van der Waals surface area (Å²) < 4.78 is 5.31. The summed E-state index contributed by atoms with van der Waals surface area (Å²) in [4.78, 5) is 2.13. The van der Waals surface area contributed by atoms with E-state index < -0.39 is 7.12 Å². The first-order valence-corrected chi connectivity index (χ1v) is 4.98. The molecule has 0 radical (unpaired) electrons. The number of hydrogen-bond acceptors (Lipinski definition) is 4. The van der Waals surface area contributed by atoms with Crippen molar-refractivity contribution in [2.45, 2.75) is 19.3 Å². The average molecular weight is 195 g/mol. The predicted octanol–water partition coefficient (Wildman–Crippen LogP) is -0.0503. The number of hydrogen-bond donors (Lipinski definition) is 2. The molecule has 1 aliphatic rings. The molecule has 1 fully saturated rings. The fourth-order valence-electron chi connectivity index (χ4n) is 1.77. The largest absolute Gasteiger partial charge is 0.526 e. The van der Waals surface area contributed by atoms with Crippen molar-refractivity contribution in [3.63, 3.8) is 0 Å². The zero-order valence-electron chi connectivity index (χ0n) is 8.02. The van der Waals surface area contributed by atoms with Crippen LogP contribution in [0.3, 0.4) is 0 Å². The lowest BCUT2D eigenvalue weighted by atomic mass is 9.88. The van der Waals surface area contributed by atoms with Gasteiger partial charge in [-0.3, -0.25) is 0 Å². The normalized spacial score (nSPS) is 17.1. The Morgan fingerprint density at radius 3 is 2.43 bits per heavy atom. The monoisotopic (exact) mass is 195 g/mol. The van der Waals surface area contributed by atoms with E-state index in [0.717, 1.165) is 19.0 Å². The number of nitrogens with zero attached hydrogens (tertiary/aromatic N) is 1. The van der Waals surface area contributed by atoms with E-state index in [9.17, 15) is 0 Å². The minimum atomic E-state index is -1.51. The van der Waals surface area contributed by atoms with Gasteiger partial charge in [-0.05, 0) is 25.3 Å². The Labute approximate surface area is 83.3 Å². The third-order valence-corrected chi connectivity index (χ3v) is 2.53. The lowest BCUT2D eigenvalue weighted by Crippen LogP contribution is -2.30. The van der Waals surface area contributed by atoms with Gasteiger partial charge in [-0.2, -0.15) is 0 Å². The lowest BCUT2D eigenvalue weighted by Gasteiger charge is -2.25. The van der Waals surface area contributed by atoms with Crippen LogP contribution in [0.5, 0.6) is 0 Å². The second kappa shape index (κ2) is 4.06. The summed E-state index contributed by atoms with van der Waals surface area (Å²) in [6.45, 7) is 1.99. The van der Waals surface area contributed by atoms with Gasteiger partial charge in [0.2, 0.25) is 0 Å². The zero-order chi connectivity index (χ0) is 9.97. The Balaban J connectivity index is 2.07. The van der Waals surface area contributed by atoms with Crippen LogP contribution in [0.1, 0.15) is 19.3 Å². The van der Waals surface area contributed by atoms with Crippen LogP contribution in [0, 0.1) is 0 Å². The molecule has 2 heterocycles. The number of furan rings is 1. The molecule has 5 heteroatoms. The maximum Gasteiger partial charge on any atom is 0.526 e. The number of rotatable bonds is 2. The Morgan fingerprint density at radius 2 is 1.86 bits per heavy atom. The highest BCUT2D eigenvalue weighted by molar-refractivity contribution is 6.57. The van der Waals surface area contributed by atoms with Gasteiger partial charge in [0.15, 0.2) is 5.88 Å². The van der Waals surface area contributed by atoms with Gasteiger partial charge in [0, 0.05) is 19.2 Å². The van der Waals surface area contributed by atoms with Crippen LogP contribution in [0.4, 0.5) is 5.88 Å². The number of piperidine rings is 1. The van der Waals surface area contributed by atoms with Gasteiger partial charge in [0.05, 0.1) is 0 Å². The molecule has 0 aromatic carbocycles. The average Bonchev–Trinajstić information content (AvgIpc) is 2.68. The third-order valence-electron chi connectivity index (χ3n) is 2.53. The summed E-state index contributed by atoms with van der Waals surface area (Å²) in [7, 11) is -1.51. The minimum Gasteiger partial charge on any atom is -0.449 e. The predicted molar refractivity (Wildman–Crippen MR) is 54.6 cm³/mol. The van der Waals surface area contributed by atoms with E-state index in [2.05, 4.69) is 4.90 Å². The number of anilines is 1. The molecule has 1 aromatic heterocycles. The molecule has 0 aliphatic carbocycles. The summed E-state index contributed by atoms with van der Waals surface area (Å²) in [6, 6.07) is 3.40. The molecule has 0 unspecified atom stereocenters. The Bertz CT molecular complexity index is 294. The topological polar surface area (TPSA) is 56.8 Å². The maximum absolute atomic E-state index is 8.88. The standard InChI is InChI=1S/C9H14BNO3/c12-10(13)8-4-5-9(14-8)11-6-2-1-3-7-11/h4-5,12-13H,1-3,6-7H2. The highest BCUT2D eigenvalue weighted by Gasteiger charge is 2.19. The molecule has 0 bridgehead atoms. The molecule has 2 rings (SSSR count). The van der Waals surface area contributed by atoms with E-state index in [4.69, 9.17) is 14.5 Å². The Kier molecular flexibility index (Phi) is 2.79. The van der Waals surface area contributed by atoms with Crippen LogP contribution in [-0.2, 0) is 0 Å². The molecule has 1 saturated heterocycles. The van der Waals surface area contributed by atoms with Crippen molar-refractivity contribution < 1.29 is 14.5 Å². The third kappa shape index (κ3) is 1.94. The maximum atomic E-state index is 8.88. The molecule has 0 amide bonds. The van der Waals surface area contributed by atoms with Crippen LogP contribution in [0.2, 0.25) is 0 Å². The van der Waals surface area contributed by atoms with Crippen molar-refractivity contribution >= 4 is 18.7 Å². The van der Waals surface area contributed by atoms with E-state index in [1.807, 2.05) is 0 Å². The smallest absolute Gasteiger partial charge is 0.449 e. The molecule has 0 saturated carbocycles.